The number of carbonyl (C=O) groups is 1. The van der Waals surface area contributed by atoms with E-state index in [1.54, 1.807) is 6.07 Å². The Bertz CT molecular complexity index is 929. The van der Waals surface area contributed by atoms with Crippen molar-refractivity contribution in [1.82, 2.24) is 19.2 Å². The van der Waals surface area contributed by atoms with Crippen LogP contribution in [0.3, 0.4) is 0 Å². The third-order valence-corrected chi connectivity index (χ3v) is 5.87. The number of pyridine rings is 1. The number of aryl methyl sites for hydroxylation is 2. The number of amides is 1. The number of rotatable bonds is 4. The molecule has 0 radical (unpaired) electrons. The Morgan fingerprint density at radius 3 is 2.81 bits per heavy atom. The maximum Gasteiger partial charge on any atom is 0.250 e. The first-order valence-corrected chi connectivity index (χ1v) is 9.72. The van der Waals surface area contributed by atoms with Crippen LogP contribution in [0.2, 0.25) is 0 Å². The third-order valence-electron chi connectivity index (χ3n) is 5.87. The number of fused-ring (bicyclic) bond motifs is 4. The second-order valence-corrected chi connectivity index (χ2v) is 7.80. The Morgan fingerprint density at radius 1 is 1.26 bits per heavy atom. The molecule has 27 heavy (non-hydrogen) atoms. The number of hydrogen-bond acceptors (Lipinski definition) is 4. The fourth-order valence-electron chi connectivity index (χ4n) is 4.69. The summed E-state index contributed by atoms with van der Waals surface area (Å²) in [6.07, 6.45) is 1.10. The molecule has 4 heterocycles. The highest BCUT2D eigenvalue weighted by Crippen LogP contribution is 2.34. The first kappa shape index (κ1) is 18.0. The molecule has 2 unspecified atom stereocenters. The van der Waals surface area contributed by atoms with Crippen LogP contribution in [0.1, 0.15) is 36.3 Å². The molecule has 2 bridgehead atoms. The summed E-state index contributed by atoms with van der Waals surface area (Å²) in [6.45, 7) is 9.55. The zero-order valence-corrected chi connectivity index (χ0v) is 16.2. The summed E-state index contributed by atoms with van der Waals surface area (Å²) < 4.78 is 3.83. The fraction of sp³-hybridized carbons (Fsp3) is 0.550. The SMILES string of the molecule is CCn1nc(C)c(NC(=O)CN2CC3CC(C2)c2cccc(=O)n2C3)c1C. The summed E-state index contributed by atoms with van der Waals surface area (Å²) in [4.78, 5) is 27.0. The topological polar surface area (TPSA) is 72.2 Å². The first-order valence-electron chi connectivity index (χ1n) is 9.72. The predicted molar refractivity (Wildman–Crippen MR) is 104 cm³/mol. The molecule has 2 aliphatic rings. The van der Waals surface area contributed by atoms with Gasteiger partial charge in [0.05, 0.1) is 23.6 Å². The average molecular weight is 369 g/mol. The summed E-state index contributed by atoms with van der Waals surface area (Å²) in [5, 5.41) is 7.52. The van der Waals surface area contributed by atoms with Gasteiger partial charge < -0.3 is 9.88 Å². The monoisotopic (exact) mass is 369 g/mol. The summed E-state index contributed by atoms with van der Waals surface area (Å²) in [7, 11) is 0. The van der Waals surface area contributed by atoms with Crippen molar-refractivity contribution in [3.63, 3.8) is 0 Å². The summed E-state index contributed by atoms with van der Waals surface area (Å²) >= 11 is 0. The van der Waals surface area contributed by atoms with E-state index in [1.165, 1.54) is 0 Å². The normalized spacial score (nSPS) is 21.7. The summed E-state index contributed by atoms with van der Waals surface area (Å²) in [5.41, 5.74) is 3.88. The quantitative estimate of drug-likeness (QED) is 0.891. The van der Waals surface area contributed by atoms with Crippen LogP contribution in [0, 0.1) is 19.8 Å². The van der Waals surface area contributed by atoms with Crippen LogP contribution in [-0.2, 0) is 17.9 Å². The van der Waals surface area contributed by atoms with E-state index in [2.05, 4.69) is 21.4 Å². The Kier molecular flexibility index (Phi) is 4.63. The van der Waals surface area contributed by atoms with Gasteiger partial charge in [0.15, 0.2) is 0 Å². The highest BCUT2D eigenvalue weighted by Gasteiger charge is 2.35. The van der Waals surface area contributed by atoms with Crippen molar-refractivity contribution < 1.29 is 4.79 Å². The second kappa shape index (κ2) is 6.96. The van der Waals surface area contributed by atoms with Crippen LogP contribution in [0.4, 0.5) is 5.69 Å². The second-order valence-electron chi connectivity index (χ2n) is 7.80. The molecule has 2 aliphatic heterocycles. The number of carbonyl (C=O) groups excluding carboxylic acids is 1. The zero-order chi connectivity index (χ0) is 19.1. The van der Waals surface area contributed by atoms with Gasteiger partial charge in [-0.2, -0.15) is 5.10 Å². The number of aromatic nitrogens is 3. The van der Waals surface area contributed by atoms with E-state index in [0.29, 0.717) is 18.4 Å². The number of nitrogens with one attached hydrogen (secondary N) is 1. The minimum atomic E-state index is 0.00211. The minimum Gasteiger partial charge on any atom is -0.322 e. The molecule has 1 fully saturated rings. The van der Waals surface area contributed by atoms with Gasteiger partial charge in [-0.3, -0.25) is 19.2 Å². The highest BCUT2D eigenvalue weighted by atomic mass is 16.2. The Morgan fingerprint density at radius 2 is 2.07 bits per heavy atom. The van der Waals surface area contributed by atoms with Crippen molar-refractivity contribution in [2.75, 3.05) is 25.0 Å². The van der Waals surface area contributed by atoms with Gasteiger partial charge in [0.2, 0.25) is 5.91 Å². The van der Waals surface area contributed by atoms with Crippen molar-refractivity contribution in [3.05, 3.63) is 45.6 Å². The van der Waals surface area contributed by atoms with Gasteiger partial charge in [0, 0.05) is 43.9 Å². The molecule has 2 atom stereocenters. The van der Waals surface area contributed by atoms with Gasteiger partial charge in [-0.1, -0.05) is 6.07 Å². The van der Waals surface area contributed by atoms with E-state index in [4.69, 9.17) is 0 Å². The smallest absolute Gasteiger partial charge is 0.250 e. The van der Waals surface area contributed by atoms with Crippen LogP contribution >= 0.6 is 0 Å². The lowest BCUT2D eigenvalue weighted by atomic mass is 9.83. The molecule has 0 saturated carbocycles. The average Bonchev–Trinajstić information content (AvgIpc) is 2.90. The molecule has 0 aromatic carbocycles. The number of likely N-dealkylation sites (tertiary alicyclic amines) is 1. The molecule has 4 rings (SSSR count). The van der Waals surface area contributed by atoms with Crippen LogP contribution in [0.5, 0.6) is 0 Å². The molecule has 1 saturated heterocycles. The van der Waals surface area contributed by atoms with E-state index < -0.39 is 0 Å². The highest BCUT2D eigenvalue weighted by molar-refractivity contribution is 5.93. The molecule has 0 spiro atoms. The number of hydrogen-bond donors (Lipinski definition) is 1. The van der Waals surface area contributed by atoms with Crippen molar-refractivity contribution >= 4 is 11.6 Å². The Balaban J connectivity index is 1.45. The molecule has 7 nitrogen and oxygen atoms in total. The van der Waals surface area contributed by atoms with Gasteiger partial charge >= 0.3 is 0 Å². The lowest BCUT2D eigenvalue weighted by Gasteiger charge is -2.42. The maximum atomic E-state index is 12.7. The zero-order valence-electron chi connectivity index (χ0n) is 16.2. The molecule has 7 heteroatoms. The van der Waals surface area contributed by atoms with Crippen LogP contribution in [0.15, 0.2) is 23.0 Å². The van der Waals surface area contributed by atoms with Crippen molar-refractivity contribution in [2.45, 2.75) is 46.2 Å². The molecular formula is C20H27N5O2. The van der Waals surface area contributed by atoms with Gasteiger partial charge in [-0.05, 0) is 39.2 Å². The molecule has 1 amide bonds. The Labute approximate surface area is 159 Å². The van der Waals surface area contributed by atoms with Crippen molar-refractivity contribution in [2.24, 2.45) is 5.92 Å². The van der Waals surface area contributed by atoms with Crippen LogP contribution in [-0.4, -0.2) is 44.8 Å². The van der Waals surface area contributed by atoms with E-state index in [9.17, 15) is 9.59 Å². The summed E-state index contributed by atoms with van der Waals surface area (Å²) in [6, 6.07) is 5.53. The Hall–Kier alpha value is -2.41. The van der Waals surface area contributed by atoms with Gasteiger partial charge in [-0.25, -0.2) is 0 Å². The standard InChI is InChI=1S/C20H27N5O2/c1-4-25-14(3)20(13(2)22-25)21-18(26)12-23-9-15-8-16(11-23)17-6-5-7-19(27)24(17)10-15/h5-7,15-16H,4,8-12H2,1-3H3,(H,21,26). The molecule has 2 aromatic rings. The molecule has 2 aromatic heterocycles. The molecule has 0 aliphatic carbocycles. The van der Waals surface area contributed by atoms with Crippen molar-refractivity contribution in [3.8, 4) is 0 Å². The largest absolute Gasteiger partial charge is 0.322 e. The van der Waals surface area contributed by atoms with Crippen molar-refractivity contribution in [1.29, 1.82) is 0 Å². The van der Waals surface area contributed by atoms with E-state index >= 15 is 0 Å². The van der Waals surface area contributed by atoms with Crippen LogP contribution < -0.4 is 10.9 Å². The van der Waals surface area contributed by atoms with Gasteiger partial charge in [-0.15, -0.1) is 0 Å². The number of nitrogens with zero attached hydrogens (tertiary/aromatic N) is 4. The lowest BCUT2D eigenvalue weighted by molar-refractivity contribution is -0.118. The third kappa shape index (κ3) is 3.32. The lowest BCUT2D eigenvalue weighted by Crippen LogP contribution is -2.49. The first-order chi connectivity index (χ1) is 13.0. The van der Waals surface area contributed by atoms with E-state index in [0.717, 1.165) is 55.4 Å². The minimum absolute atomic E-state index is 0.00211. The number of piperidine rings is 1. The predicted octanol–water partition coefficient (Wildman–Crippen LogP) is 1.74. The van der Waals surface area contributed by atoms with Gasteiger partial charge in [0.25, 0.3) is 5.56 Å². The molecule has 1 N–H and O–H groups in total. The fourth-order valence-corrected chi connectivity index (χ4v) is 4.69. The van der Waals surface area contributed by atoms with E-state index in [-0.39, 0.29) is 11.5 Å². The molecular weight excluding hydrogens is 342 g/mol. The maximum absolute atomic E-state index is 12.7. The summed E-state index contributed by atoms with van der Waals surface area (Å²) in [5.74, 6) is 0.753. The van der Waals surface area contributed by atoms with E-state index in [1.807, 2.05) is 36.1 Å². The molecule has 144 valence electrons. The van der Waals surface area contributed by atoms with Crippen LogP contribution in [0.25, 0.3) is 0 Å². The van der Waals surface area contributed by atoms with Gasteiger partial charge in [0.1, 0.15) is 0 Å². The number of anilines is 1.